The van der Waals surface area contributed by atoms with Crippen LogP contribution in [0.1, 0.15) is 15.9 Å². The van der Waals surface area contributed by atoms with Crippen LogP contribution in [0.5, 0.6) is 5.75 Å². The van der Waals surface area contributed by atoms with E-state index in [9.17, 15) is 21.6 Å². The molecule has 1 N–H and O–H groups in total. The number of rotatable bonds is 7. The number of methoxy groups -OCH3 is 1. The molecule has 1 amide bonds. The molecule has 0 aromatic heterocycles. The first-order valence-electron chi connectivity index (χ1n) is 10.7. The molecular formula is C24H25N3O6S2. The van der Waals surface area contributed by atoms with Gasteiger partial charge in [0.05, 0.1) is 28.3 Å². The first kappa shape index (κ1) is 24.7. The Bertz CT molecular complexity index is 1500. The topological polar surface area (TPSA) is 113 Å². The van der Waals surface area contributed by atoms with Gasteiger partial charge < -0.3 is 10.1 Å². The van der Waals surface area contributed by atoms with Crippen molar-refractivity contribution in [3.8, 4) is 5.75 Å². The second kappa shape index (κ2) is 9.33. The van der Waals surface area contributed by atoms with Gasteiger partial charge in [0.25, 0.3) is 15.9 Å². The van der Waals surface area contributed by atoms with Crippen molar-refractivity contribution < 1.29 is 26.4 Å². The lowest BCUT2D eigenvalue weighted by atomic mass is 10.2. The number of hydrogen-bond acceptors (Lipinski definition) is 6. The maximum absolute atomic E-state index is 13.4. The van der Waals surface area contributed by atoms with Crippen LogP contribution in [0.2, 0.25) is 0 Å². The fraction of sp³-hybridized carbons (Fsp3) is 0.208. The van der Waals surface area contributed by atoms with E-state index in [0.29, 0.717) is 18.7 Å². The summed E-state index contributed by atoms with van der Waals surface area (Å²) in [5.41, 5.74) is 1.82. The zero-order valence-corrected chi connectivity index (χ0v) is 21.1. The number of nitrogens with one attached hydrogen (secondary N) is 1. The van der Waals surface area contributed by atoms with Crippen LogP contribution in [0.15, 0.2) is 76.5 Å². The molecule has 3 aromatic rings. The minimum Gasteiger partial charge on any atom is -0.495 e. The van der Waals surface area contributed by atoms with Gasteiger partial charge in [0.2, 0.25) is 10.0 Å². The van der Waals surface area contributed by atoms with Gasteiger partial charge in [0.1, 0.15) is 5.75 Å². The van der Waals surface area contributed by atoms with Crippen LogP contribution in [0, 0.1) is 0 Å². The Balaban J connectivity index is 1.64. The average Bonchev–Trinajstić information content (AvgIpc) is 3.29. The largest absolute Gasteiger partial charge is 0.495 e. The summed E-state index contributed by atoms with van der Waals surface area (Å²) in [6, 6.07) is 17.2. The van der Waals surface area contributed by atoms with Crippen molar-refractivity contribution in [3.05, 3.63) is 77.9 Å². The highest BCUT2D eigenvalue weighted by Gasteiger charge is 2.31. The predicted octanol–water partition coefficient (Wildman–Crippen LogP) is 2.95. The monoisotopic (exact) mass is 515 g/mol. The number of ether oxygens (including phenoxy) is 1. The highest BCUT2D eigenvalue weighted by atomic mass is 32.2. The van der Waals surface area contributed by atoms with E-state index >= 15 is 0 Å². The van der Waals surface area contributed by atoms with Gasteiger partial charge in [0.15, 0.2) is 0 Å². The highest BCUT2D eigenvalue weighted by Crippen LogP contribution is 2.33. The van der Waals surface area contributed by atoms with Crippen LogP contribution in [-0.2, 0) is 26.5 Å². The third-order valence-electron chi connectivity index (χ3n) is 5.73. The Hall–Kier alpha value is -3.41. The summed E-state index contributed by atoms with van der Waals surface area (Å²) < 4.78 is 59.4. The van der Waals surface area contributed by atoms with Gasteiger partial charge in [-0.25, -0.2) is 21.1 Å². The molecule has 0 aliphatic carbocycles. The first-order valence-corrected chi connectivity index (χ1v) is 13.6. The maximum Gasteiger partial charge on any atom is 0.264 e. The highest BCUT2D eigenvalue weighted by molar-refractivity contribution is 7.92. The van der Waals surface area contributed by atoms with Crippen molar-refractivity contribution >= 4 is 37.3 Å². The van der Waals surface area contributed by atoms with E-state index in [1.807, 2.05) is 12.1 Å². The summed E-state index contributed by atoms with van der Waals surface area (Å²) in [5, 5.41) is 2.64. The molecule has 3 aromatic carbocycles. The molecule has 0 radical (unpaired) electrons. The summed E-state index contributed by atoms with van der Waals surface area (Å²) in [7, 11) is -3.42. The van der Waals surface area contributed by atoms with Gasteiger partial charge in [-0.3, -0.25) is 9.10 Å². The molecule has 0 fully saturated rings. The van der Waals surface area contributed by atoms with Gasteiger partial charge in [-0.1, -0.05) is 24.3 Å². The third kappa shape index (κ3) is 4.62. The van der Waals surface area contributed by atoms with Crippen LogP contribution < -0.4 is 14.4 Å². The van der Waals surface area contributed by atoms with Gasteiger partial charge in [-0.05, 0) is 54.4 Å². The second-order valence-electron chi connectivity index (χ2n) is 8.09. The molecule has 11 heteroatoms. The van der Waals surface area contributed by atoms with Gasteiger partial charge in [-0.2, -0.15) is 0 Å². The number of amides is 1. The minimum absolute atomic E-state index is 0.0160. The summed E-state index contributed by atoms with van der Waals surface area (Å²) in [6.45, 7) is 0.322. The molecule has 35 heavy (non-hydrogen) atoms. The SMILES string of the molecule is COc1ccc(S(=O)(=O)N(C)C)cc1NC(=O)c1cccc(S(=O)(=O)N2CCc3ccccc32)c1. The number of fused-ring (bicyclic) bond motifs is 1. The molecule has 0 spiro atoms. The van der Waals surface area contributed by atoms with Crippen LogP contribution in [0.3, 0.4) is 0 Å². The average molecular weight is 516 g/mol. The molecule has 0 saturated heterocycles. The Morgan fingerprint density at radius 1 is 0.943 bits per heavy atom. The zero-order valence-electron chi connectivity index (χ0n) is 19.4. The van der Waals surface area contributed by atoms with E-state index in [4.69, 9.17) is 4.74 Å². The summed E-state index contributed by atoms with van der Waals surface area (Å²) >= 11 is 0. The summed E-state index contributed by atoms with van der Waals surface area (Å²) in [6.07, 6.45) is 0.613. The predicted molar refractivity (Wildman–Crippen MR) is 133 cm³/mol. The summed E-state index contributed by atoms with van der Waals surface area (Å²) in [4.78, 5) is 13.0. The minimum atomic E-state index is -3.89. The van der Waals surface area contributed by atoms with E-state index < -0.39 is 26.0 Å². The number of anilines is 2. The normalized spacial score (nSPS) is 13.5. The van der Waals surface area contributed by atoms with E-state index in [-0.39, 0.29) is 26.8 Å². The van der Waals surface area contributed by atoms with Crippen LogP contribution in [-0.4, -0.2) is 54.8 Å². The number of para-hydroxylation sites is 1. The van der Waals surface area contributed by atoms with Crippen LogP contribution in [0.25, 0.3) is 0 Å². The molecule has 0 bridgehead atoms. The number of carbonyl (C=O) groups excluding carboxylic acids is 1. The van der Waals surface area contributed by atoms with Crippen molar-refractivity contribution in [2.24, 2.45) is 0 Å². The second-order valence-corrected chi connectivity index (χ2v) is 12.1. The first-order chi connectivity index (χ1) is 16.6. The molecule has 0 atom stereocenters. The number of hydrogen-bond donors (Lipinski definition) is 1. The van der Waals surface area contributed by atoms with Crippen molar-refractivity contribution in [1.82, 2.24) is 4.31 Å². The number of nitrogens with zero attached hydrogens (tertiary/aromatic N) is 2. The lowest BCUT2D eigenvalue weighted by molar-refractivity contribution is 0.102. The Morgan fingerprint density at radius 2 is 1.69 bits per heavy atom. The van der Waals surface area contributed by atoms with E-state index in [2.05, 4.69) is 5.32 Å². The van der Waals surface area contributed by atoms with Crippen molar-refractivity contribution in [2.75, 3.05) is 37.4 Å². The Kier molecular flexibility index (Phi) is 6.58. The number of benzene rings is 3. The van der Waals surface area contributed by atoms with Crippen LogP contribution in [0.4, 0.5) is 11.4 Å². The lowest BCUT2D eigenvalue weighted by Crippen LogP contribution is -2.29. The zero-order chi connectivity index (χ0) is 25.4. The van der Waals surface area contributed by atoms with E-state index in [0.717, 1.165) is 9.87 Å². The molecular weight excluding hydrogens is 490 g/mol. The molecule has 0 unspecified atom stereocenters. The Morgan fingerprint density at radius 3 is 2.40 bits per heavy atom. The standard InChI is InChI=1S/C24H25N3O6S2/c1-26(2)34(29,30)20-11-12-23(33-3)21(16-20)25-24(28)18-8-6-9-19(15-18)35(31,32)27-14-13-17-7-4-5-10-22(17)27/h4-12,15-16H,13-14H2,1-3H3,(H,25,28). The van der Waals surface area contributed by atoms with Crippen molar-refractivity contribution in [1.29, 1.82) is 0 Å². The van der Waals surface area contributed by atoms with Crippen molar-refractivity contribution in [3.63, 3.8) is 0 Å². The van der Waals surface area contributed by atoms with Gasteiger partial charge >= 0.3 is 0 Å². The van der Waals surface area contributed by atoms with E-state index in [1.165, 1.54) is 68.0 Å². The molecule has 9 nitrogen and oxygen atoms in total. The van der Waals surface area contributed by atoms with Crippen LogP contribution >= 0.6 is 0 Å². The number of carbonyl (C=O) groups is 1. The summed E-state index contributed by atoms with van der Waals surface area (Å²) in [5.74, 6) is -0.352. The molecule has 4 rings (SSSR count). The third-order valence-corrected chi connectivity index (χ3v) is 9.35. The smallest absolute Gasteiger partial charge is 0.264 e. The molecule has 1 aliphatic heterocycles. The molecule has 1 heterocycles. The molecule has 0 saturated carbocycles. The van der Waals surface area contributed by atoms with E-state index in [1.54, 1.807) is 12.1 Å². The Labute approximate surface area is 205 Å². The van der Waals surface area contributed by atoms with Gasteiger partial charge in [0, 0.05) is 26.2 Å². The molecule has 184 valence electrons. The molecule has 1 aliphatic rings. The number of sulfonamides is 2. The fourth-order valence-electron chi connectivity index (χ4n) is 3.83. The quantitative estimate of drug-likeness (QED) is 0.518. The van der Waals surface area contributed by atoms with Crippen molar-refractivity contribution in [2.45, 2.75) is 16.2 Å². The maximum atomic E-state index is 13.4. The fourth-order valence-corrected chi connectivity index (χ4v) is 6.31. The lowest BCUT2D eigenvalue weighted by Gasteiger charge is -2.20. The van der Waals surface area contributed by atoms with Gasteiger partial charge in [-0.15, -0.1) is 0 Å².